The Morgan fingerprint density at radius 1 is 1.05 bits per heavy atom. The molecule has 20 heavy (non-hydrogen) atoms. The van der Waals surface area contributed by atoms with E-state index < -0.39 is 46.6 Å². The molecule has 0 saturated carbocycles. The molecule has 0 aromatic heterocycles. The number of rotatable bonds is 5. The van der Waals surface area contributed by atoms with Gasteiger partial charge in [-0.3, -0.25) is 4.79 Å². The molecule has 0 fully saturated rings. The molecule has 0 atom stereocenters. The predicted molar refractivity (Wildman–Crippen MR) is 59.1 cm³/mol. The van der Waals surface area contributed by atoms with Crippen molar-refractivity contribution < 1.29 is 35.7 Å². The molecular weight excluding hydrogens is 307 g/mol. The summed E-state index contributed by atoms with van der Waals surface area (Å²) < 4.78 is 73.3. The van der Waals surface area contributed by atoms with Crippen molar-refractivity contribution in [3.63, 3.8) is 0 Å². The SMILES string of the molecule is C#CCOSCC(=O)Oc1c(F)c(F)c(F)c(F)c1F. The number of carbonyl (C=O) groups is 1. The van der Waals surface area contributed by atoms with Crippen molar-refractivity contribution in [1.29, 1.82) is 0 Å². The maximum atomic E-state index is 13.1. The summed E-state index contributed by atoms with van der Waals surface area (Å²) in [6, 6.07) is 0. The minimum atomic E-state index is -2.34. The van der Waals surface area contributed by atoms with E-state index in [-0.39, 0.29) is 6.61 Å². The number of hydrogen-bond acceptors (Lipinski definition) is 4. The fourth-order valence-electron chi connectivity index (χ4n) is 0.983. The molecule has 0 radical (unpaired) electrons. The van der Waals surface area contributed by atoms with E-state index in [1.807, 2.05) is 0 Å². The molecule has 108 valence electrons. The second-order valence-corrected chi connectivity index (χ2v) is 3.86. The minimum Gasteiger partial charge on any atom is -0.419 e. The first-order chi connectivity index (χ1) is 9.40. The number of ether oxygens (including phenoxy) is 1. The number of halogens is 5. The summed E-state index contributed by atoms with van der Waals surface area (Å²) in [5.74, 6) is -12.6. The van der Waals surface area contributed by atoms with Crippen molar-refractivity contribution in [3.05, 3.63) is 29.1 Å². The van der Waals surface area contributed by atoms with Gasteiger partial charge in [-0.2, -0.15) is 8.78 Å². The summed E-state index contributed by atoms with van der Waals surface area (Å²) in [5.41, 5.74) is 0. The van der Waals surface area contributed by atoms with Crippen LogP contribution in [-0.2, 0) is 8.98 Å². The van der Waals surface area contributed by atoms with Gasteiger partial charge in [-0.05, 0) is 0 Å². The van der Waals surface area contributed by atoms with E-state index in [0.29, 0.717) is 12.0 Å². The quantitative estimate of drug-likeness (QED) is 0.122. The second kappa shape index (κ2) is 7.12. The summed E-state index contributed by atoms with van der Waals surface area (Å²) in [7, 11) is 0. The maximum absolute atomic E-state index is 13.1. The van der Waals surface area contributed by atoms with Gasteiger partial charge in [0.05, 0.1) is 0 Å². The van der Waals surface area contributed by atoms with Gasteiger partial charge in [-0.15, -0.1) is 6.42 Å². The second-order valence-electron chi connectivity index (χ2n) is 3.10. The molecule has 0 aliphatic heterocycles. The lowest BCUT2D eigenvalue weighted by atomic mass is 10.2. The summed E-state index contributed by atoms with van der Waals surface area (Å²) >= 11 is 0.505. The molecule has 0 N–H and O–H groups in total. The normalized spacial score (nSPS) is 10.2. The smallest absolute Gasteiger partial charge is 0.323 e. The highest BCUT2D eigenvalue weighted by Gasteiger charge is 2.28. The van der Waals surface area contributed by atoms with Crippen molar-refractivity contribution in [3.8, 4) is 18.1 Å². The van der Waals surface area contributed by atoms with Crippen LogP contribution in [0.4, 0.5) is 22.0 Å². The third-order valence-electron chi connectivity index (χ3n) is 1.79. The van der Waals surface area contributed by atoms with Crippen LogP contribution in [0.2, 0.25) is 0 Å². The third-order valence-corrected chi connectivity index (χ3v) is 2.43. The summed E-state index contributed by atoms with van der Waals surface area (Å²) in [4.78, 5) is 11.1. The highest BCUT2D eigenvalue weighted by molar-refractivity contribution is 7.95. The van der Waals surface area contributed by atoms with Crippen molar-refractivity contribution in [2.24, 2.45) is 0 Å². The Bertz CT molecular complexity index is 541. The van der Waals surface area contributed by atoms with Gasteiger partial charge >= 0.3 is 5.97 Å². The lowest BCUT2D eigenvalue weighted by molar-refractivity contribution is -0.131. The van der Waals surface area contributed by atoms with E-state index in [2.05, 4.69) is 14.8 Å². The zero-order valence-corrected chi connectivity index (χ0v) is 10.3. The number of benzene rings is 1. The van der Waals surface area contributed by atoms with Gasteiger partial charge in [0.2, 0.25) is 34.8 Å². The van der Waals surface area contributed by atoms with Crippen LogP contribution in [0.25, 0.3) is 0 Å². The Kier molecular flexibility index (Phi) is 5.79. The summed E-state index contributed by atoms with van der Waals surface area (Å²) in [5, 5.41) is 0. The van der Waals surface area contributed by atoms with Crippen LogP contribution in [0.5, 0.6) is 5.75 Å². The Labute approximate surface area is 114 Å². The molecule has 0 heterocycles. The standard InChI is InChI=1S/C11H5F5O3S/c1-2-3-18-20-4-5(17)19-11-9(15)7(13)6(12)8(14)10(11)16/h1H,3-4H2. The average molecular weight is 312 g/mol. The zero-order valence-electron chi connectivity index (χ0n) is 9.51. The van der Waals surface area contributed by atoms with Crippen molar-refractivity contribution in [1.82, 2.24) is 0 Å². The molecule has 0 aliphatic rings. The van der Waals surface area contributed by atoms with Crippen LogP contribution < -0.4 is 4.74 Å². The lowest BCUT2D eigenvalue weighted by Gasteiger charge is -2.08. The Morgan fingerprint density at radius 2 is 1.55 bits per heavy atom. The molecule has 0 unspecified atom stereocenters. The average Bonchev–Trinajstić information content (AvgIpc) is 2.44. The van der Waals surface area contributed by atoms with Crippen LogP contribution in [0.1, 0.15) is 0 Å². The van der Waals surface area contributed by atoms with Crippen molar-refractivity contribution >= 4 is 18.0 Å². The first-order valence-electron chi connectivity index (χ1n) is 4.80. The van der Waals surface area contributed by atoms with Gasteiger partial charge in [0.15, 0.2) is 0 Å². The van der Waals surface area contributed by atoms with Crippen molar-refractivity contribution in [2.75, 3.05) is 12.4 Å². The number of hydrogen-bond donors (Lipinski definition) is 0. The molecule has 9 heteroatoms. The van der Waals surface area contributed by atoms with E-state index >= 15 is 0 Å². The van der Waals surface area contributed by atoms with Gasteiger partial charge in [-0.25, -0.2) is 13.2 Å². The van der Waals surface area contributed by atoms with Crippen LogP contribution in [0.3, 0.4) is 0 Å². The highest BCUT2D eigenvalue weighted by atomic mass is 32.2. The minimum absolute atomic E-state index is 0.138. The maximum Gasteiger partial charge on any atom is 0.323 e. The molecular formula is C11H5F5O3S. The van der Waals surface area contributed by atoms with Gasteiger partial charge in [-0.1, -0.05) is 5.92 Å². The number of carbonyl (C=O) groups excluding carboxylic acids is 1. The Balaban J connectivity index is 2.83. The van der Waals surface area contributed by atoms with Gasteiger partial charge in [0.25, 0.3) is 0 Å². The van der Waals surface area contributed by atoms with E-state index in [9.17, 15) is 26.7 Å². The van der Waals surface area contributed by atoms with Gasteiger partial charge < -0.3 is 8.92 Å². The lowest BCUT2D eigenvalue weighted by Crippen LogP contribution is -2.15. The van der Waals surface area contributed by atoms with Crippen LogP contribution in [0, 0.1) is 41.4 Å². The topological polar surface area (TPSA) is 35.5 Å². The molecule has 0 amide bonds. The molecule has 0 saturated heterocycles. The molecule has 1 aromatic carbocycles. The molecule has 0 bridgehead atoms. The van der Waals surface area contributed by atoms with Gasteiger partial charge in [0.1, 0.15) is 12.4 Å². The first kappa shape index (κ1) is 16.3. The number of terminal acetylenes is 1. The fourth-order valence-corrected chi connectivity index (χ4v) is 1.37. The summed E-state index contributed by atoms with van der Waals surface area (Å²) in [6.07, 6.45) is 4.83. The van der Waals surface area contributed by atoms with E-state index in [4.69, 9.17) is 6.42 Å². The Morgan fingerprint density at radius 3 is 2.05 bits per heavy atom. The van der Waals surface area contributed by atoms with E-state index in [1.54, 1.807) is 0 Å². The largest absolute Gasteiger partial charge is 0.419 e. The molecule has 1 aromatic rings. The van der Waals surface area contributed by atoms with Crippen LogP contribution >= 0.6 is 12.0 Å². The first-order valence-corrected chi connectivity index (χ1v) is 5.71. The van der Waals surface area contributed by atoms with Gasteiger partial charge in [0, 0.05) is 12.0 Å². The summed E-state index contributed by atoms with van der Waals surface area (Å²) in [6.45, 7) is -0.138. The van der Waals surface area contributed by atoms with Crippen molar-refractivity contribution in [2.45, 2.75) is 0 Å². The number of esters is 1. The molecule has 0 aliphatic carbocycles. The fraction of sp³-hybridized carbons (Fsp3) is 0.182. The monoisotopic (exact) mass is 312 g/mol. The highest BCUT2D eigenvalue weighted by Crippen LogP contribution is 2.29. The van der Waals surface area contributed by atoms with Crippen LogP contribution in [-0.4, -0.2) is 18.3 Å². The third kappa shape index (κ3) is 3.61. The van der Waals surface area contributed by atoms with E-state index in [0.717, 1.165) is 0 Å². The molecule has 0 spiro atoms. The zero-order chi connectivity index (χ0) is 15.3. The van der Waals surface area contributed by atoms with Crippen LogP contribution in [0.15, 0.2) is 0 Å². The molecule has 3 nitrogen and oxygen atoms in total. The molecule has 1 rings (SSSR count). The Hall–Kier alpha value is -1.79. The van der Waals surface area contributed by atoms with E-state index in [1.165, 1.54) is 0 Å². The predicted octanol–water partition coefficient (Wildman–Crippen LogP) is 2.59.